The van der Waals surface area contributed by atoms with Crippen LogP contribution in [0.15, 0.2) is 30.2 Å². The van der Waals surface area contributed by atoms with Crippen LogP contribution in [-0.4, -0.2) is 62.2 Å². The Morgan fingerprint density at radius 2 is 2.00 bits per heavy atom. The maximum atomic E-state index is 12.4. The highest BCUT2D eigenvalue weighted by atomic mass is 32.1. The molecular weight excluding hydrogens is 401 g/mol. The number of rotatable bonds is 2. The second kappa shape index (κ2) is 8.19. The third-order valence-electron chi connectivity index (χ3n) is 4.29. The van der Waals surface area contributed by atoms with E-state index in [-0.39, 0.29) is 18.1 Å². The molecule has 2 fully saturated rings. The van der Waals surface area contributed by atoms with Crippen LogP contribution in [0.4, 0.5) is 13.2 Å². The van der Waals surface area contributed by atoms with Crippen molar-refractivity contribution in [2.24, 2.45) is 5.92 Å². The molecule has 2 saturated heterocycles. The first-order valence-corrected chi connectivity index (χ1v) is 9.04. The van der Waals surface area contributed by atoms with Crippen LogP contribution in [0, 0.1) is 5.92 Å². The van der Waals surface area contributed by atoms with E-state index in [0.717, 1.165) is 18.0 Å². The highest BCUT2D eigenvalue weighted by Gasteiger charge is 2.44. The molecule has 0 saturated carbocycles. The van der Waals surface area contributed by atoms with Gasteiger partial charge in [0, 0.05) is 36.8 Å². The lowest BCUT2D eigenvalue weighted by atomic mass is 10.0. The Labute approximate surface area is 161 Å². The van der Waals surface area contributed by atoms with Crippen LogP contribution >= 0.6 is 11.3 Å². The standard InChI is InChI=1S/C14H14N4O2S.C2HF3O2/c19-14(10-1-2-15-8-17-10)18-6-9-5-11(20-12(9)7-18)13-16-3-4-21-13;3-2(4,5)1(6)7/h1-4,8-9,11-12H,5-7H2;(H,6,7)/t9-,11-,12+;/m0./s1. The molecule has 8 nitrogen and oxygen atoms in total. The van der Waals surface area contributed by atoms with Crippen LogP contribution in [0.1, 0.15) is 28.0 Å². The molecule has 0 aliphatic carbocycles. The van der Waals surface area contributed by atoms with Crippen molar-refractivity contribution in [2.45, 2.75) is 24.8 Å². The molecule has 150 valence electrons. The average molecular weight is 416 g/mol. The normalized spacial score (nSPS) is 23.7. The fourth-order valence-corrected chi connectivity index (χ4v) is 3.75. The number of aliphatic carboxylic acids is 1. The largest absolute Gasteiger partial charge is 0.490 e. The number of nitrogens with zero attached hydrogens (tertiary/aromatic N) is 4. The number of thiazole rings is 1. The summed E-state index contributed by atoms with van der Waals surface area (Å²) < 4.78 is 37.8. The van der Waals surface area contributed by atoms with Crippen molar-refractivity contribution in [2.75, 3.05) is 13.1 Å². The third kappa shape index (κ3) is 4.62. The Hall–Kier alpha value is -2.60. The summed E-state index contributed by atoms with van der Waals surface area (Å²) in [4.78, 5) is 35.3. The van der Waals surface area contributed by atoms with Crippen LogP contribution in [-0.2, 0) is 9.53 Å². The molecule has 1 N–H and O–H groups in total. The summed E-state index contributed by atoms with van der Waals surface area (Å²) in [6.07, 6.45) is 0.861. The molecular formula is C16H15F3N4O4S. The van der Waals surface area contributed by atoms with Crippen LogP contribution < -0.4 is 0 Å². The maximum Gasteiger partial charge on any atom is 0.490 e. The van der Waals surface area contributed by atoms with E-state index in [1.165, 1.54) is 6.33 Å². The van der Waals surface area contributed by atoms with Gasteiger partial charge in [-0.2, -0.15) is 13.2 Å². The second-order valence-electron chi connectivity index (χ2n) is 6.14. The van der Waals surface area contributed by atoms with Gasteiger partial charge in [0.25, 0.3) is 5.91 Å². The van der Waals surface area contributed by atoms with Crippen molar-refractivity contribution in [3.8, 4) is 0 Å². The molecule has 4 rings (SSSR count). The van der Waals surface area contributed by atoms with Crippen LogP contribution in [0.2, 0.25) is 0 Å². The fourth-order valence-electron chi connectivity index (χ4n) is 3.06. The molecule has 1 amide bonds. The highest BCUT2D eigenvalue weighted by molar-refractivity contribution is 7.09. The van der Waals surface area contributed by atoms with Crippen molar-refractivity contribution < 1.29 is 32.6 Å². The van der Waals surface area contributed by atoms with E-state index in [0.29, 0.717) is 18.2 Å². The van der Waals surface area contributed by atoms with Gasteiger partial charge < -0.3 is 14.7 Å². The lowest BCUT2D eigenvalue weighted by molar-refractivity contribution is -0.192. The topological polar surface area (TPSA) is 106 Å². The van der Waals surface area contributed by atoms with Crippen molar-refractivity contribution in [1.29, 1.82) is 0 Å². The molecule has 0 radical (unpaired) electrons. The van der Waals surface area contributed by atoms with Crippen LogP contribution in [0.3, 0.4) is 0 Å². The van der Waals surface area contributed by atoms with Gasteiger partial charge in [0.05, 0.1) is 6.10 Å². The summed E-state index contributed by atoms with van der Waals surface area (Å²) >= 11 is 1.63. The molecule has 0 unspecified atom stereocenters. The fraction of sp³-hybridized carbons (Fsp3) is 0.438. The zero-order valence-corrected chi connectivity index (χ0v) is 15.1. The Morgan fingerprint density at radius 3 is 2.54 bits per heavy atom. The number of hydrogen-bond acceptors (Lipinski definition) is 7. The summed E-state index contributed by atoms with van der Waals surface area (Å²) in [5.74, 6) is -2.40. The quantitative estimate of drug-likeness (QED) is 0.800. The molecule has 4 heterocycles. The number of likely N-dealkylation sites (tertiary alicyclic amines) is 1. The van der Waals surface area contributed by atoms with Gasteiger partial charge in [0.2, 0.25) is 0 Å². The summed E-state index contributed by atoms with van der Waals surface area (Å²) in [5.41, 5.74) is 0.446. The van der Waals surface area contributed by atoms with Gasteiger partial charge in [-0.15, -0.1) is 11.3 Å². The number of ether oxygens (including phenoxy) is 1. The van der Waals surface area contributed by atoms with Crippen molar-refractivity contribution in [3.05, 3.63) is 40.9 Å². The van der Waals surface area contributed by atoms with E-state index < -0.39 is 12.1 Å². The molecule has 12 heteroatoms. The minimum atomic E-state index is -5.08. The lowest BCUT2D eigenvalue weighted by Gasteiger charge is -2.18. The number of halogens is 3. The van der Waals surface area contributed by atoms with E-state index in [1.807, 2.05) is 16.5 Å². The average Bonchev–Trinajstić information content (AvgIpc) is 3.37. The lowest BCUT2D eigenvalue weighted by Crippen LogP contribution is -2.31. The second-order valence-corrected chi connectivity index (χ2v) is 7.06. The molecule has 0 bridgehead atoms. The van der Waals surface area contributed by atoms with Gasteiger partial charge >= 0.3 is 12.1 Å². The van der Waals surface area contributed by atoms with E-state index in [1.54, 1.807) is 23.6 Å². The number of alkyl halides is 3. The van der Waals surface area contributed by atoms with Crippen LogP contribution in [0.5, 0.6) is 0 Å². The zero-order chi connectivity index (χ0) is 20.3. The van der Waals surface area contributed by atoms with Gasteiger partial charge in [-0.05, 0) is 12.5 Å². The smallest absolute Gasteiger partial charge is 0.475 e. The number of aromatic nitrogens is 3. The Balaban J connectivity index is 0.000000279. The van der Waals surface area contributed by atoms with Crippen LogP contribution in [0.25, 0.3) is 0 Å². The Bertz CT molecular complexity index is 805. The zero-order valence-electron chi connectivity index (χ0n) is 14.2. The summed E-state index contributed by atoms with van der Waals surface area (Å²) in [5, 5.41) is 10.1. The summed E-state index contributed by atoms with van der Waals surface area (Å²) in [7, 11) is 0. The Morgan fingerprint density at radius 1 is 1.25 bits per heavy atom. The third-order valence-corrected chi connectivity index (χ3v) is 5.16. The highest BCUT2D eigenvalue weighted by Crippen LogP contribution is 2.41. The van der Waals surface area contributed by atoms with Gasteiger partial charge in [-0.3, -0.25) is 4.79 Å². The Kier molecular flexibility index (Phi) is 5.89. The van der Waals surface area contributed by atoms with Gasteiger partial charge in [0.15, 0.2) is 0 Å². The van der Waals surface area contributed by atoms with Gasteiger partial charge in [-0.25, -0.2) is 19.7 Å². The molecule has 2 aliphatic rings. The number of fused-ring (bicyclic) bond motifs is 1. The van der Waals surface area contributed by atoms with E-state index in [4.69, 9.17) is 14.6 Å². The minimum absolute atomic E-state index is 0.0406. The number of amides is 1. The maximum absolute atomic E-state index is 12.4. The molecule has 2 aromatic heterocycles. The van der Waals surface area contributed by atoms with E-state index >= 15 is 0 Å². The predicted octanol–water partition coefficient (Wildman–Crippen LogP) is 2.17. The van der Waals surface area contributed by atoms with Crippen molar-refractivity contribution in [3.63, 3.8) is 0 Å². The number of carboxylic acid groups (broad SMARTS) is 1. The molecule has 2 aromatic rings. The number of carbonyl (C=O) groups is 2. The summed E-state index contributed by atoms with van der Waals surface area (Å²) in [6.45, 7) is 1.37. The molecule has 28 heavy (non-hydrogen) atoms. The molecule has 3 atom stereocenters. The first-order valence-electron chi connectivity index (χ1n) is 8.16. The van der Waals surface area contributed by atoms with Gasteiger partial charge in [0.1, 0.15) is 23.1 Å². The first kappa shape index (κ1) is 20.1. The van der Waals surface area contributed by atoms with E-state index in [2.05, 4.69) is 15.0 Å². The number of hydrogen-bond donors (Lipinski definition) is 1. The summed E-state index contributed by atoms with van der Waals surface area (Å²) in [6, 6.07) is 1.65. The SMILES string of the molecule is O=C(O)C(F)(F)F.O=C(c1ccncn1)N1C[C@@H]2C[C@@H](c3nccs3)O[C@@H]2C1. The first-order chi connectivity index (χ1) is 13.3. The molecule has 0 aromatic carbocycles. The monoisotopic (exact) mass is 416 g/mol. The molecule has 0 spiro atoms. The minimum Gasteiger partial charge on any atom is -0.475 e. The van der Waals surface area contributed by atoms with Gasteiger partial charge in [-0.1, -0.05) is 0 Å². The van der Waals surface area contributed by atoms with E-state index in [9.17, 15) is 18.0 Å². The van der Waals surface area contributed by atoms with Crippen molar-refractivity contribution >= 4 is 23.2 Å². The molecule has 2 aliphatic heterocycles. The van der Waals surface area contributed by atoms with Crippen molar-refractivity contribution in [1.82, 2.24) is 19.9 Å². The number of carbonyl (C=O) groups excluding carboxylic acids is 1. The number of carboxylic acids is 1. The predicted molar refractivity (Wildman–Crippen MR) is 89.5 cm³/mol.